The van der Waals surface area contributed by atoms with Gasteiger partial charge in [0.15, 0.2) is 0 Å². The van der Waals surface area contributed by atoms with E-state index in [4.69, 9.17) is 9.47 Å². The molecule has 1 atom stereocenters. The summed E-state index contributed by atoms with van der Waals surface area (Å²) < 4.78 is 10.8. The molecule has 1 unspecified atom stereocenters. The molecular formula is C19H20O5. The van der Waals surface area contributed by atoms with Crippen LogP contribution in [0.15, 0.2) is 48.5 Å². The Morgan fingerprint density at radius 1 is 1.12 bits per heavy atom. The fraction of sp³-hybridized carbons (Fsp3) is 0.263. The summed E-state index contributed by atoms with van der Waals surface area (Å²) in [5.74, 6) is -0.594. The van der Waals surface area contributed by atoms with Crippen LogP contribution >= 0.6 is 0 Å². The Morgan fingerprint density at radius 3 is 2.58 bits per heavy atom. The van der Waals surface area contributed by atoms with Gasteiger partial charge in [0.1, 0.15) is 12.4 Å². The lowest BCUT2D eigenvalue weighted by molar-refractivity contribution is -0.141. The summed E-state index contributed by atoms with van der Waals surface area (Å²) in [4.78, 5) is 22.1. The predicted octanol–water partition coefficient (Wildman–Crippen LogP) is 3.63. The Balaban J connectivity index is 2.05. The van der Waals surface area contributed by atoms with Crippen LogP contribution in [0.3, 0.4) is 0 Å². The first-order valence-electron chi connectivity index (χ1n) is 7.64. The van der Waals surface area contributed by atoms with Crippen molar-refractivity contribution in [1.82, 2.24) is 0 Å². The van der Waals surface area contributed by atoms with E-state index in [-0.39, 0.29) is 24.1 Å². The number of carboxylic acids is 1. The molecule has 5 nitrogen and oxygen atoms in total. The average molecular weight is 328 g/mol. The van der Waals surface area contributed by atoms with Crippen molar-refractivity contribution in [2.24, 2.45) is 0 Å². The molecule has 1 N–H and O–H groups in total. The minimum absolute atomic E-state index is 0.0451. The molecule has 0 radical (unpaired) electrons. The molecule has 126 valence electrons. The lowest BCUT2D eigenvalue weighted by Crippen LogP contribution is -2.08. The zero-order valence-corrected chi connectivity index (χ0v) is 13.7. The molecule has 2 aromatic carbocycles. The van der Waals surface area contributed by atoms with Crippen molar-refractivity contribution in [2.75, 3.05) is 6.61 Å². The Bertz CT molecular complexity index is 723. The first-order valence-corrected chi connectivity index (χ1v) is 7.64. The van der Waals surface area contributed by atoms with E-state index in [2.05, 4.69) is 0 Å². The van der Waals surface area contributed by atoms with E-state index >= 15 is 0 Å². The standard InChI is InChI=1S/C19H20O5/c1-13(11-23-14(2)20)15-7-5-8-17(10-15)24-12-16-6-3-4-9-18(16)19(21)22/h3-10,13H,11-12H2,1-2H3,(H,21,22). The summed E-state index contributed by atoms with van der Waals surface area (Å²) in [6.07, 6.45) is 0. The molecule has 0 saturated heterocycles. The van der Waals surface area contributed by atoms with Crippen LogP contribution in [0.2, 0.25) is 0 Å². The topological polar surface area (TPSA) is 72.8 Å². The molecule has 0 aliphatic carbocycles. The largest absolute Gasteiger partial charge is 0.489 e. The highest BCUT2D eigenvalue weighted by molar-refractivity contribution is 5.89. The van der Waals surface area contributed by atoms with Crippen molar-refractivity contribution in [3.05, 3.63) is 65.2 Å². The van der Waals surface area contributed by atoms with Gasteiger partial charge in [0.2, 0.25) is 0 Å². The lowest BCUT2D eigenvalue weighted by atomic mass is 10.0. The number of esters is 1. The lowest BCUT2D eigenvalue weighted by Gasteiger charge is -2.14. The third kappa shape index (κ3) is 4.84. The molecule has 0 amide bonds. The van der Waals surface area contributed by atoms with Crippen molar-refractivity contribution in [2.45, 2.75) is 26.4 Å². The molecule has 0 aromatic heterocycles. The number of benzene rings is 2. The van der Waals surface area contributed by atoms with Gasteiger partial charge in [0.05, 0.1) is 12.2 Å². The highest BCUT2D eigenvalue weighted by Crippen LogP contribution is 2.22. The third-order valence-corrected chi connectivity index (χ3v) is 3.61. The zero-order valence-electron chi connectivity index (χ0n) is 13.7. The molecule has 0 spiro atoms. The van der Waals surface area contributed by atoms with Gasteiger partial charge in [-0.2, -0.15) is 0 Å². The van der Waals surface area contributed by atoms with Gasteiger partial charge in [-0.15, -0.1) is 0 Å². The van der Waals surface area contributed by atoms with Gasteiger partial charge in [-0.3, -0.25) is 4.79 Å². The van der Waals surface area contributed by atoms with Gasteiger partial charge in [-0.1, -0.05) is 37.3 Å². The van der Waals surface area contributed by atoms with Crippen molar-refractivity contribution in [1.29, 1.82) is 0 Å². The summed E-state index contributed by atoms with van der Waals surface area (Å²) in [6, 6.07) is 14.2. The van der Waals surface area contributed by atoms with Crippen molar-refractivity contribution >= 4 is 11.9 Å². The summed E-state index contributed by atoms with van der Waals surface area (Å²) >= 11 is 0. The summed E-state index contributed by atoms with van der Waals surface area (Å²) in [5, 5.41) is 9.19. The van der Waals surface area contributed by atoms with Crippen LogP contribution in [-0.2, 0) is 16.1 Å². The van der Waals surface area contributed by atoms with E-state index in [9.17, 15) is 14.7 Å². The van der Waals surface area contributed by atoms with Gasteiger partial charge in [-0.25, -0.2) is 4.79 Å². The zero-order chi connectivity index (χ0) is 17.5. The SMILES string of the molecule is CC(=O)OCC(C)c1cccc(OCc2ccccc2C(=O)O)c1. The summed E-state index contributed by atoms with van der Waals surface area (Å²) in [6.45, 7) is 3.82. The molecule has 5 heteroatoms. The maximum atomic E-state index is 11.2. The molecule has 2 aromatic rings. The van der Waals surface area contributed by atoms with Crippen molar-refractivity contribution < 1.29 is 24.2 Å². The molecule has 24 heavy (non-hydrogen) atoms. The van der Waals surface area contributed by atoms with Crippen LogP contribution in [0, 0.1) is 0 Å². The number of aromatic carboxylic acids is 1. The van der Waals surface area contributed by atoms with Crippen LogP contribution in [0.1, 0.15) is 41.3 Å². The molecule has 0 bridgehead atoms. The average Bonchev–Trinajstić information content (AvgIpc) is 2.58. The number of ether oxygens (including phenoxy) is 2. The van der Waals surface area contributed by atoms with E-state index in [1.807, 2.05) is 31.2 Å². The second-order valence-electron chi connectivity index (χ2n) is 5.53. The van der Waals surface area contributed by atoms with Crippen LogP contribution in [0.5, 0.6) is 5.75 Å². The highest BCUT2D eigenvalue weighted by atomic mass is 16.5. The summed E-state index contributed by atoms with van der Waals surface area (Å²) in [5.41, 5.74) is 1.83. The molecule has 0 heterocycles. The van der Waals surface area contributed by atoms with Crippen LogP contribution in [0.25, 0.3) is 0 Å². The minimum atomic E-state index is -0.974. The maximum Gasteiger partial charge on any atom is 0.336 e. The van der Waals surface area contributed by atoms with E-state index in [0.717, 1.165) is 5.56 Å². The van der Waals surface area contributed by atoms with E-state index in [0.29, 0.717) is 17.9 Å². The minimum Gasteiger partial charge on any atom is -0.489 e. The molecule has 0 fully saturated rings. The molecule has 0 saturated carbocycles. The van der Waals surface area contributed by atoms with Crippen LogP contribution in [0.4, 0.5) is 0 Å². The second-order valence-corrected chi connectivity index (χ2v) is 5.53. The fourth-order valence-corrected chi connectivity index (χ4v) is 2.27. The van der Waals surface area contributed by atoms with Gasteiger partial charge >= 0.3 is 11.9 Å². The van der Waals surface area contributed by atoms with E-state index < -0.39 is 5.97 Å². The number of hydrogen-bond donors (Lipinski definition) is 1. The number of carboxylic acid groups (broad SMARTS) is 1. The van der Waals surface area contributed by atoms with Gasteiger partial charge < -0.3 is 14.6 Å². The number of rotatable bonds is 7. The number of carbonyl (C=O) groups excluding carboxylic acids is 1. The maximum absolute atomic E-state index is 11.2. The quantitative estimate of drug-likeness (QED) is 0.786. The van der Waals surface area contributed by atoms with Gasteiger partial charge in [-0.05, 0) is 23.8 Å². The number of hydrogen-bond acceptors (Lipinski definition) is 4. The van der Waals surface area contributed by atoms with Crippen LogP contribution in [-0.4, -0.2) is 23.7 Å². The fourth-order valence-electron chi connectivity index (χ4n) is 2.27. The normalized spacial score (nSPS) is 11.6. The predicted molar refractivity (Wildman–Crippen MR) is 89.2 cm³/mol. The Morgan fingerprint density at radius 2 is 1.88 bits per heavy atom. The molecular weight excluding hydrogens is 308 g/mol. The van der Waals surface area contributed by atoms with Gasteiger partial charge in [0.25, 0.3) is 0 Å². The Hall–Kier alpha value is -2.82. The highest BCUT2D eigenvalue weighted by Gasteiger charge is 2.11. The number of carbonyl (C=O) groups is 2. The van der Waals surface area contributed by atoms with E-state index in [1.54, 1.807) is 24.3 Å². The second kappa shape index (κ2) is 8.15. The Kier molecular flexibility index (Phi) is 5.95. The van der Waals surface area contributed by atoms with Crippen LogP contribution < -0.4 is 4.74 Å². The Labute approximate surface area is 140 Å². The third-order valence-electron chi connectivity index (χ3n) is 3.61. The first-order chi connectivity index (χ1) is 11.5. The van der Waals surface area contributed by atoms with Crippen molar-refractivity contribution in [3.8, 4) is 5.75 Å². The van der Waals surface area contributed by atoms with Crippen molar-refractivity contribution in [3.63, 3.8) is 0 Å². The van der Waals surface area contributed by atoms with E-state index in [1.165, 1.54) is 6.92 Å². The monoisotopic (exact) mass is 328 g/mol. The smallest absolute Gasteiger partial charge is 0.336 e. The first kappa shape index (κ1) is 17.5. The molecule has 0 aliphatic heterocycles. The summed E-state index contributed by atoms with van der Waals surface area (Å²) in [7, 11) is 0. The molecule has 2 rings (SSSR count). The molecule has 0 aliphatic rings. The van der Waals surface area contributed by atoms with Gasteiger partial charge in [0, 0.05) is 18.4 Å².